The maximum Gasteiger partial charge on any atom is 0.332 e. The molecule has 86 heavy (non-hydrogen) atoms. The molecule has 0 saturated carbocycles. The molecule has 3 aromatic rings. The summed E-state index contributed by atoms with van der Waals surface area (Å²) in [6, 6.07) is 11.7. The van der Waals surface area contributed by atoms with Crippen LogP contribution in [0.5, 0.6) is 0 Å². The number of carbonyl (C=O) groups is 9. The Labute approximate surface area is 508 Å². The number of nitrogens with one attached hydrogen (secondary N) is 3. The van der Waals surface area contributed by atoms with Gasteiger partial charge in [-0.3, -0.25) is 38.4 Å². The van der Waals surface area contributed by atoms with Crippen molar-refractivity contribution < 1.29 is 57.4 Å². The van der Waals surface area contributed by atoms with Gasteiger partial charge in [-0.1, -0.05) is 142 Å². The molecule has 11 atom stereocenters. The Hall–Kier alpha value is -7.22. The van der Waals surface area contributed by atoms with Crippen LogP contribution in [-0.4, -0.2) is 178 Å². The number of hydrogen-bond acceptors (Lipinski definition) is 11. The fourth-order valence-electron chi connectivity index (χ4n) is 11.9. The molecule has 5 rings (SSSR count). The zero-order chi connectivity index (χ0) is 64.2. The molecule has 0 bridgehead atoms. The number of carbonyl (C=O) groups excluding carboxylic acids is 9. The van der Waals surface area contributed by atoms with Gasteiger partial charge in [0.05, 0.1) is 5.60 Å². The first-order valence-corrected chi connectivity index (χ1v) is 30.4. The number of ether oxygens (including phenoxy) is 1. The van der Waals surface area contributed by atoms with Crippen LogP contribution >= 0.6 is 0 Å². The quantitative estimate of drug-likeness (QED) is 0.133. The van der Waals surface area contributed by atoms with Crippen LogP contribution in [-0.2, 0) is 60.7 Å². The number of fused-ring (bicyclic) bond motifs is 1. The summed E-state index contributed by atoms with van der Waals surface area (Å²) in [7, 11) is 5.61. The molecule has 0 spiro atoms. The number of aliphatic hydroxyl groups is 1. The van der Waals surface area contributed by atoms with Crippen LogP contribution in [0.2, 0.25) is 0 Å². The summed E-state index contributed by atoms with van der Waals surface area (Å²) in [5.41, 5.74) is 0.698. The van der Waals surface area contributed by atoms with Gasteiger partial charge in [0.1, 0.15) is 48.1 Å². The second kappa shape index (κ2) is 30.4. The van der Waals surface area contributed by atoms with Gasteiger partial charge in [0, 0.05) is 53.5 Å². The maximum absolute atomic E-state index is 15.6. The molecule has 2 heterocycles. The van der Waals surface area contributed by atoms with Crippen LogP contribution in [0.25, 0.3) is 11.1 Å². The van der Waals surface area contributed by atoms with Crippen LogP contribution in [0.3, 0.4) is 0 Å². The molecule has 472 valence electrons. The third kappa shape index (κ3) is 17.1. The first-order chi connectivity index (χ1) is 40.3. The molecule has 2 saturated heterocycles. The summed E-state index contributed by atoms with van der Waals surface area (Å²) in [5.74, 6) is -9.50. The lowest BCUT2D eigenvalue weighted by Crippen LogP contribution is -2.63. The number of cyclic esters (lactones) is 1. The van der Waals surface area contributed by atoms with Gasteiger partial charge in [-0.05, 0) is 97.6 Å². The van der Waals surface area contributed by atoms with Crippen LogP contribution in [0, 0.1) is 35.4 Å². The zero-order valence-corrected chi connectivity index (χ0v) is 53.4. The molecule has 0 aromatic heterocycles. The van der Waals surface area contributed by atoms with Gasteiger partial charge < -0.3 is 50.3 Å². The maximum atomic E-state index is 15.6. The predicted octanol–water partition coefficient (Wildman–Crippen LogP) is 6.18. The molecule has 0 aliphatic carbocycles. The highest BCUT2D eigenvalue weighted by Gasteiger charge is 2.48. The van der Waals surface area contributed by atoms with Gasteiger partial charge in [-0.2, -0.15) is 0 Å². The second-order valence-corrected chi connectivity index (χ2v) is 25.4. The normalized spacial score (nSPS) is 25.3. The number of amides is 8. The molecule has 2 fully saturated rings. The molecule has 2 aliphatic rings. The SMILES string of the molecule is CC[C@H](C)[C@@H]1NC(=O)[C@@H]2CCCN2C(=O)[C@H](Cc2cccc(-c3ccc(F)cc3)c2)N(C)C(=O)[C@H](Cc2ccccc2)NC(=O)[C@H](C(C)C)N(C)C(=O)[C@@H]([C@@H](C)CC)OC(=O)[C@H](C(C)(C)O)N(C)C(=O)[C@H](CC(C)C)NC(=O)[C@H](C(C)C)N(C)C1=O. The third-order valence-corrected chi connectivity index (χ3v) is 17.1. The summed E-state index contributed by atoms with van der Waals surface area (Å²) in [6.07, 6.45) is -0.251. The smallest absolute Gasteiger partial charge is 0.332 e. The Morgan fingerprint density at radius 1 is 0.593 bits per heavy atom. The van der Waals surface area contributed by atoms with E-state index in [1.807, 2.05) is 32.9 Å². The Kier molecular flexibility index (Phi) is 24.6. The van der Waals surface area contributed by atoms with E-state index in [0.29, 0.717) is 41.5 Å². The molecular formula is C66H95FN8O11. The van der Waals surface area contributed by atoms with Crippen molar-refractivity contribution in [1.29, 1.82) is 0 Å². The highest BCUT2D eigenvalue weighted by molar-refractivity contribution is 5.99. The lowest BCUT2D eigenvalue weighted by atomic mass is 9.93. The molecule has 3 aromatic carbocycles. The minimum atomic E-state index is -1.99. The van der Waals surface area contributed by atoms with Crippen molar-refractivity contribution in [2.75, 3.05) is 34.7 Å². The van der Waals surface area contributed by atoms with Crippen molar-refractivity contribution in [1.82, 2.24) is 40.4 Å². The van der Waals surface area contributed by atoms with Crippen LogP contribution < -0.4 is 16.0 Å². The standard InChI is InChI=1S/C66H95FN8O11/c1-17-41(9)52-63(82)72(14)53(39(5)6)58(77)68-48(34-38(3)4)61(80)74(16)56(66(11,12)85)65(84)86-55(42(10)18-2)64(83)73(15)54(40(7)8)59(78)69-49(36-43-24-20-19-21-25-43)60(79)71(13)51(62(81)75-33-23-28-50(75)57(76)70-52)37-44-26-22-27-46(35-44)45-29-31-47(67)32-30-45/h19-22,24-27,29-32,35,38-42,48-56,85H,17-18,23,28,33-34,36-37H2,1-16H3,(H,68,77)(H,69,78)(H,70,76)/t41-,42-,48-,49-,50-,51-,52-,53-,54-,55+,56+/m0/s1. The summed E-state index contributed by atoms with van der Waals surface area (Å²) in [5, 5.41) is 20.5. The van der Waals surface area contributed by atoms with Crippen molar-refractivity contribution in [3.8, 4) is 11.1 Å². The van der Waals surface area contributed by atoms with Gasteiger partial charge in [-0.15, -0.1) is 0 Å². The van der Waals surface area contributed by atoms with E-state index in [1.54, 1.807) is 103 Å². The number of nitrogens with zero attached hydrogens (tertiary/aromatic N) is 5. The first kappa shape index (κ1) is 69.6. The minimum absolute atomic E-state index is 0.0537. The van der Waals surface area contributed by atoms with E-state index < -0.39 is 143 Å². The molecule has 0 unspecified atom stereocenters. The molecular weight excluding hydrogens is 1100 g/mol. The van der Waals surface area contributed by atoms with Gasteiger partial charge >= 0.3 is 5.97 Å². The Morgan fingerprint density at radius 3 is 1.69 bits per heavy atom. The number of hydrogen-bond donors (Lipinski definition) is 4. The molecule has 0 radical (unpaired) electrons. The lowest BCUT2D eigenvalue weighted by molar-refractivity contribution is -0.177. The van der Waals surface area contributed by atoms with E-state index >= 15 is 19.2 Å². The Bertz CT molecular complexity index is 2860. The average molecular weight is 1200 g/mol. The second-order valence-electron chi connectivity index (χ2n) is 25.4. The van der Waals surface area contributed by atoms with E-state index in [2.05, 4.69) is 16.0 Å². The fraction of sp³-hybridized carbons (Fsp3) is 0.591. The van der Waals surface area contributed by atoms with Crippen molar-refractivity contribution in [2.24, 2.45) is 29.6 Å². The van der Waals surface area contributed by atoms with Gasteiger partial charge in [0.15, 0.2) is 12.1 Å². The van der Waals surface area contributed by atoms with Crippen molar-refractivity contribution in [2.45, 2.75) is 188 Å². The largest absolute Gasteiger partial charge is 0.450 e. The zero-order valence-electron chi connectivity index (χ0n) is 53.4. The first-order valence-electron chi connectivity index (χ1n) is 30.4. The van der Waals surface area contributed by atoms with E-state index in [1.165, 1.54) is 73.8 Å². The van der Waals surface area contributed by atoms with Crippen molar-refractivity contribution >= 4 is 53.2 Å². The Morgan fingerprint density at radius 2 is 1.14 bits per heavy atom. The summed E-state index contributed by atoms with van der Waals surface area (Å²) >= 11 is 0. The predicted molar refractivity (Wildman–Crippen MR) is 327 cm³/mol. The molecule has 8 amide bonds. The number of esters is 1. The fourth-order valence-corrected chi connectivity index (χ4v) is 11.9. The van der Waals surface area contributed by atoms with Gasteiger partial charge in [0.25, 0.3) is 5.91 Å². The van der Waals surface area contributed by atoms with Crippen LogP contribution in [0.15, 0.2) is 78.9 Å². The number of rotatable bonds is 14. The topological polar surface area (TPSA) is 235 Å². The third-order valence-electron chi connectivity index (χ3n) is 17.1. The van der Waals surface area contributed by atoms with E-state index in [9.17, 15) is 33.5 Å². The van der Waals surface area contributed by atoms with E-state index in [-0.39, 0.29) is 38.1 Å². The Balaban J connectivity index is 1.73. The van der Waals surface area contributed by atoms with Crippen molar-refractivity contribution in [3.05, 3.63) is 95.8 Å². The monoisotopic (exact) mass is 1190 g/mol. The van der Waals surface area contributed by atoms with Gasteiger partial charge in [-0.25, -0.2) is 9.18 Å². The van der Waals surface area contributed by atoms with Gasteiger partial charge in [0.2, 0.25) is 41.4 Å². The molecule has 4 N–H and O–H groups in total. The summed E-state index contributed by atoms with van der Waals surface area (Å²) in [4.78, 5) is 142. The van der Waals surface area contributed by atoms with E-state index in [0.717, 1.165) is 4.90 Å². The number of halogens is 1. The lowest BCUT2D eigenvalue weighted by Gasteiger charge is -2.39. The number of likely N-dealkylation sites (N-methyl/N-ethyl adjacent to an activating group) is 4. The van der Waals surface area contributed by atoms with Crippen LogP contribution in [0.1, 0.15) is 126 Å². The number of benzene rings is 3. The van der Waals surface area contributed by atoms with E-state index in [4.69, 9.17) is 4.74 Å². The summed E-state index contributed by atoms with van der Waals surface area (Å²) < 4.78 is 20.2. The van der Waals surface area contributed by atoms with Crippen molar-refractivity contribution in [3.63, 3.8) is 0 Å². The molecule has 20 heteroatoms. The minimum Gasteiger partial charge on any atom is -0.450 e. The summed E-state index contributed by atoms with van der Waals surface area (Å²) in [6.45, 7) is 20.5. The highest BCUT2D eigenvalue weighted by atomic mass is 19.1. The molecule has 2 aliphatic heterocycles. The molecule has 19 nitrogen and oxygen atoms in total. The average Bonchev–Trinajstić information content (AvgIpc) is 2.56. The highest BCUT2D eigenvalue weighted by Crippen LogP contribution is 2.29. The van der Waals surface area contributed by atoms with Crippen LogP contribution in [0.4, 0.5) is 4.39 Å².